The molecule has 0 saturated heterocycles. The third-order valence-corrected chi connectivity index (χ3v) is 1.71. The van der Waals surface area contributed by atoms with Crippen molar-refractivity contribution in [1.82, 2.24) is 0 Å². The minimum absolute atomic E-state index is 0.0621. The maximum absolute atomic E-state index is 4.25. The van der Waals surface area contributed by atoms with Gasteiger partial charge in [-0.2, -0.15) is 0 Å². The summed E-state index contributed by atoms with van der Waals surface area (Å²) in [5, 5.41) is 0. The summed E-state index contributed by atoms with van der Waals surface area (Å²) in [7, 11) is 0. The Kier molecular flexibility index (Phi) is 3.06. The smallest absolute Gasteiger partial charge is 0.0256 e. The van der Waals surface area contributed by atoms with Crippen molar-refractivity contribution < 1.29 is 0 Å². The van der Waals surface area contributed by atoms with Crippen LogP contribution in [0.1, 0.15) is 26.3 Å². The number of benzene rings is 1. The fourth-order valence-corrected chi connectivity index (χ4v) is 1.07. The highest BCUT2D eigenvalue weighted by Crippen LogP contribution is 2.12. The summed E-state index contributed by atoms with van der Waals surface area (Å²) in [4.78, 5) is 0.959. The molecular formula is C12H14S. The number of rotatable bonds is 0. The molecule has 0 heterocycles. The molecule has 0 N–H and O–H groups in total. The van der Waals surface area contributed by atoms with E-state index in [4.69, 9.17) is 0 Å². The SMILES string of the molecule is CC(C)(C)C#Cc1cccc(S)c1. The van der Waals surface area contributed by atoms with Gasteiger partial charge in [-0.15, -0.1) is 12.6 Å². The van der Waals surface area contributed by atoms with E-state index in [-0.39, 0.29) is 5.41 Å². The van der Waals surface area contributed by atoms with Crippen LogP contribution in [0.5, 0.6) is 0 Å². The number of hydrogen-bond acceptors (Lipinski definition) is 1. The Morgan fingerprint density at radius 1 is 1.23 bits per heavy atom. The second-order valence-electron chi connectivity index (χ2n) is 4.05. The van der Waals surface area contributed by atoms with E-state index in [1.807, 2.05) is 24.3 Å². The molecule has 0 aliphatic rings. The summed E-state index contributed by atoms with van der Waals surface area (Å²) >= 11 is 4.25. The number of hydrogen-bond donors (Lipinski definition) is 1. The zero-order chi connectivity index (χ0) is 9.90. The molecule has 1 rings (SSSR count). The van der Waals surface area contributed by atoms with Gasteiger partial charge in [0.2, 0.25) is 0 Å². The maximum atomic E-state index is 4.25. The van der Waals surface area contributed by atoms with Gasteiger partial charge in [-0.25, -0.2) is 0 Å². The first-order chi connectivity index (χ1) is 5.97. The van der Waals surface area contributed by atoms with Gasteiger partial charge in [0.05, 0.1) is 0 Å². The van der Waals surface area contributed by atoms with Gasteiger partial charge in [-0.05, 0) is 39.0 Å². The Labute approximate surface area is 85.8 Å². The van der Waals surface area contributed by atoms with Crippen LogP contribution in [0.15, 0.2) is 29.2 Å². The van der Waals surface area contributed by atoms with Crippen molar-refractivity contribution >= 4 is 12.6 Å². The lowest BCUT2D eigenvalue weighted by molar-refractivity contribution is 0.571. The summed E-state index contributed by atoms with van der Waals surface area (Å²) < 4.78 is 0. The van der Waals surface area contributed by atoms with Crippen molar-refractivity contribution in [3.8, 4) is 11.8 Å². The Balaban J connectivity index is 2.90. The number of thiol groups is 1. The van der Waals surface area contributed by atoms with E-state index in [1.54, 1.807) is 0 Å². The van der Waals surface area contributed by atoms with Crippen LogP contribution >= 0.6 is 12.6 Å². The van der Waals surface area contributed by atoms with Crippen LogP contribution in [-0.4, -0.2) is 0 Å². The van der Waals surface area contributed by atoms with E-state index in [9.17, 15) is 0 Å². The fourth-order valence-electron chi connectivity index (χ4n) is 0.843. The van der Waals surface area contributed by atoms with Crippen molar-refractivity contribution in [2.75, 3.05) is 0 Å². The standard InChI is InChI=1S/C12H14S/c1-12(2,3)8-7-10-5-4-6-11(13)9-10/h4-6,9,13H,1-3H3. The summed E-state index contributed by atoms with van der Waals surface area (Å²) in [6.45, 7) is 6.31. The van der Waals surface area contributed by atoms with Crippen molar-refractivity contribution in [2.24, 2.45) is 5.41 Å². The van der Waals surface area contributed by atoms with Gasteiger partial charge in [-0.3, -0.25) is 0 Å². The molecule has 1 aromatic carbocycles. The first-order valence-corrected chi connectivity index (χ1v) is 4.74. The van der Waals surface area contributed by atoms with Crippen LogP contribution < -0.4 is 0 Å². The van der Waals surface area contributed by atoms with Crippen LogP contribution in [0.25, 0.3) is 0 Å². The van der Waals surface area contributed by atoms with Crippen molar-refractivity contribution in [1.29, 1.82) is 0 Å². The van der Waals surface area contributed by atoms with Crippen LogP contribution in [-0.2, 0) is 0 Å². The van der Waals surface area contributed by atoms with Gasteiger partial charge in [0.25, 0.3) is 0 Å². The zero-order valence-electron chi connectivity index (χ0n) is 8.26. The van der Waals surface area contributed by atoms with Crippen LogP contribution in [0.2, 0.25) is 0 Å². The summed E-state index contributed by atoms with van der Waals surface area (Å²) in [5.41, 5.74) is 1.09. The molecular weight excluding hydrogens is 176 g/mol. The zero-order valence-corrected chi connectivity index (χ0v) is 9.15. The second kappa shape index (κ2) is 3.89. The third-order valence-electron chi connectivity index (χ3n) is 1.43. The van der Waals surface area contributed by atoms with Gasteiger partial charge < -0.3 is 0 Å². The van der Waals surface area contributed by atoms with Gasteiger partial charge in [-0.1, -0.05) is 17.9 Å². The van der Waals surface area contributed by atoms with Gasteiger partial charge >= 0.3 is 0 Å². The molecule has 68 valence electrons. The summed E-state index contributed by atoms with van der Waals surface area (Å²) in [5.74, 6) is 6.31. The monoisotopic (exact) mass is 190 g/mol. The average molecular weight is 190 g/mol. The highest BCUT2D eigenvalue weighted by Gasteiger charge is 2.03. The summed E-state index contributed by atoms with van der Waals surface area (Å²) in [6.07, 6.45) is 0. The molecule has 0 radical (unpaired) electrons. The van der Waals surface area contributed by atoms with Gasteiger partial charge in [0.15, 0.2) is 0 Å². The van der Waals surface area contributed by atoms with E-state index in [0.29, 0.717) is 0 Å². The largest absolute Gasteiger partial charge is 0.143 e. The Hall–Kier alpha value is -0.870. The Morgan fingerprint density at radius 2 is 1.92 bits per heavy atom. The van der Waals surface area contributed by atoms with Crippen molar-refractivity contribution in [3.63, 3.8) is 0 Å². The van der Waals surface area contributed by atoms with E-state index in [2.05, 4.69) is 45.2 Å². The maximum Gasteiger partial charge on any atom is 0.0256 e. The molecule has 1 heteroatoms. The highest BCUT2D eigenvalue weighted by atomic mass is 32.1. The summed E-state index contributed by atoms with van der Waals surface area (Å²) in [6, 6.07) is 7.89. The van der Waals surface area contributed by atoms with E-state index >= 15 is 0 Å². The van der Waals surface area contributed by atoms with Gasteiger partial charge in [0.1, 0.15) is 0 Å². The van der Waals surface area contributed by atoms with Crippen molar-refractivity contribution in [3.05, 3.63) is 29.8 Å². The van der Waals surface area contributed by atoms with Crippen LogP contribution in [0, 0.1) is 17.3 Å². The van der Waals surface area contributed by atoms with Crippen molar-refractivity contribution in [2.45, 2.75) is 25.7 Å². The van der Waals surface area contributed by atoms with Gasteiger partial charge in [0, 0.05) is 15.9 Å². The third kappa shape index (κ3) is 4.05. The molecule has 0 fully saturated rings. The van der Waals surface area contributed by atoms with E-state index in [0.717, 1.165) is 10.5 Å². The molecule has 13 heavy (non-hydrogen) atoms. The predicted molar refractivity (Wildman–Crippen MR) is 60.0 cm³/mol. The molecule has 0 aliphatic carbocycles. The molecule has 0 unspecified atom stereocenters. The molecule has 1 aromatic rings. The first-order valence-electron chi connectivity index (χ1n) is 4.29. The quantitative estimate of drug-likeness (QED) is 0.470. The lowest BCUT2D eigenvalue weighted by atomic mass is 9.97. The minimum atomic E-state index is 0.0621. The van der Waals surface area contributed by atoms with E-state index in [1.165, 1.54) is 0 Å². The molecule has 0 aromatic heterocycles. The highest BCUT2D eigenvalue weighted by molar-refractivity contribution is 7.80. The molecule has 0 atom stereocenters. The van der Waals surface area contributed by atoms with Crippen LogP contribution in [0.3, 0.4) is 0 Å². The Bertz CT molecular complexity index is 347. The first kappa shape index (κ1) is 10.2. The fraction of sp³-hybridized carbons (Fsp3) is 0.333. The topological polar surface area (TPSA) is 0 Å². The molecule has 0 nitrogen and oxygen atoms in total. The lowest BCUT2D eigenvalue weighted by Crippen LogP contribution is -1.99. The second-order valence-corrected chi connectivity index (χ2v) is 4.57. The Morgan fingerprint density at radius 3 is 2.46 bits per heavy atom. The molecule has 0 spiro atoms. The normalized spacial score (nSPS) is 10.5. The van der Waals surface area contributed by atoms with Crippen LogP contribution in [0.4, 0.5) is 0 Å². The molecule has 0 bridgehead atoms. The lowest BCUT2D eigenvalue weighted by Gasteiger charge is -2.06. The molecule has 0 saturated carbocycles. The molecule has 0 amide bonds. The van der Waals surface area contributed by atoms with E-state index < -0.39 is 0 Å². The predicted octanol–water partition coefficient (Wildman–Crippen LogP) is 3.37. The average Bonchev–Trinajstić information content (AvgIpc) is 2.00. The minimum Gasteiger partial charge on any atom is -0.143 e. The molecule has 0 aliphatic heterocycles.